The average Bonchev–Trinajstić information content (AvgIpc) is 2.17. The number of hydrogen-bond acceptors (Lipinski definition) is 2. The Hall–Kier alpha value is -0.393. The van der Waals surface area contributed by atoms with E-state index in [9.17, 15) is 12.3 Å². The molecule has 1 aromatic rings. The van der Waals surface area contributed by atoms with Gasteiger partial charge >= 0.3 is 10.2 Å². The summed E-state index contributed by atoms with van der Waals surface area (Å²) in [6.07, 6.45) is 0. The first kappa shape index (κ1) is 16.7. The lowest BCUT2D eigenvalue weighted by Crippen LogP contribution is -2.16. The van der Waals surface area contributed by atoms with Gasteiger partial charge in [-0.1, -0.05) is 25.6 Å². The number of benzene rings is 1. The van der Waals surface area contributed by atoms with E-state index in [1.54, 1.807) is 12.1 Å². The minimum atomic E-state index is -4.51. The third-order valence-corrected chi connectivity index (χ3v) is 4.99. The van der Waals surface area contributed by atoms with E-state index in [1.165, 1.54) is 0 Å². The molecule has 0 saturated carbocycles. The van der Waals surface area contributed by atoms with Gasteiger partial charge in [0.05, 0.1) is 0 Å². The third kappa shape index (κ3) is 6.06. The molecule has 0 unspecified atom stereocenters. The Morgan fingerprint density at radius 3 is 2.37 bits per heavy atom. The van der Waals surface area contributed by atoms with Crippen LogP contribution in [-0.4, -0.2) is 16.5 Å². The van der Waals surface area contributed by atoms with Crippen molar-refractivity contribution >= 4 is 40.9 Å². The molecule has 0 bridgehead atoms. The van der Waals surface area contributed by atoms with Crippen LogP contribution in [0.3, 0.4) is 0 Å². The van der Waals surface area contributed by atoms with Gasteiger partial charge in [-0.2, -0.15) is 8.42 Å². The largest absolute Gasteiger partial charge is 0.306 e. The normalized spacial score (nSPS) is 11.9. The minimum Gasteiger partial charge on any atom is -0.194 e. The quantitative estimate of drug-likeness (QED) is 0.323. The van der Waals surface area contributed by atoms with E-state index >= 15 is 0 Å². The monoisotopic (exact) mass is 410 g/mol. The summed E-state index contributed by atoms with van der Waals surface area (Å²) < 4.78 is 35.1. The molecule has 19 heavy (non-hydrogen) atoms. The highest BCUT2D eigenvalue weighted by molar-refractivity contribution is 14.1. The Morgan fingerprint density at radius 2 is 1.89 bits per heavy atom. The van der Waals surface area contributed by atoms with Crippen molar-refractivity contribution < 1.29 is 12.3 Å². The highest BCUT2D eigenvalue weighted by Gasteiger charge is 2.13. The van der Waals surface area contributed by atoms with Gasteiger partial charge in [0.25, 0.3) is 0 Å². The summed E-state index contributed by atoms with van der Waals surface area (Å²) in [5.74, 6) is 2.52. The lowest BCUT2D eigenvalue weighted by molar-refractivity contribution is 0.551. The number of rotatable bonds is 2. The fourth-order valence-corrected chi connectivity index (χ4v) is 3.17. The van der Waals surface area contributed by atoms with E-state index in [1.807, 2.05) is 6.92 Å². The zero-order chi connectivity index (χ0) is 14.8. The Labute approximate surface area is 129 Å². The summed E-state index contributed by atoms with van der Waals surface area (Å²) in [7, 11) is -6.01. The van der Waals surface area contributed by atoms with Gasteiger partial charge in [-0.3, -0.25) is 0 Å². The van der Waals surface area contributed by atoms with Gasteiger partial charge in [0.2, 0.25) is 0 Å². The van der Waals surface area contributed by atoms with Gasteiger partial charge in [0.1, 0.15) is 13.8 Å². The van der Waals surface area contributed by atoms with Crippen LogP contribution in [0.4, 0.5) is 3.89 Å². The lowest BCUT2D eigenvalue weighted by Gasteiger charge is -2.08. The van der Waals surface area contributed by atoms with Crippen LogP contribution in [-0.2, 0) is 16.0 Å². The van der Waals surface area contributed by atoms with Crippen molar-refractivity contribution in [3.63, 3.8) is 0 Å². The Balaban J connectivity index is 3.28. The van der Waals surface area contributed by atoms with Gasteiger partial charge in [0.15, 0.2) is 0 Å². The molecule has 0 aliphatic rings. The second kappa shape index (κ2) is 5.93. The molecule has 0 saturated heterocycles. The molecule has 0 heterocycles. The highest BCUT2D eigenvalue weighted by atomic mass is 127. The van der Waals surface area contributed by atoms with Crippen LogP contribution in [0.2, 0.25) is 19.6 Å². The molecular weight excluding hydrogens is 394 g/mol. The average molecular weight is 410 g/mol. The SMILES string of the molecule is Cc1c(I)cc(CS(=O)(=O)F)cc1C#C[Si](C)(C)C. The molecule has 0 spiro atoms. The smallest absolute Gasteiger partial charge is 0.194 e. The summed E-state index contributed by atoms with van der Waals surface area (Å²) in [5.41, 5.74) is 5.47. The molecule has 0 aromatic heterocycles. The highest BCUT2D eigenvalue weighted by Crippen LogP contribution is 2.20. The van der Waals surface area contributed by atoms with Crippen LogP contribution >= 0.6 is 22.6 Å². The van der Waals surface area contributed by atoms with E-state index < -0.39 is 24.0 Å². The van der Waals surface area contributed by atoms with E-state index in [-0.39, 0.29) is 0 Å². The zero-order valence-corrected chi connectivity index (χ0v) is 15.3. The predicted octanol–water partition coefficient (Wildman–Crippen LogP) is 3.63. The molecule has 0 fully saturated rings. The first-order valence-electron chi connectivity index (χ1n) is 5.72. The van der Waals surface area contributed by atoms with Crippen molar-refractivity contribution in [1.29, 1.82) is 0 Å². The molecule has 0 atom stereocenters. The van der Waals surface area contributed by atoms with Crippen molar-refractivity contribution in [2.75, 3.05) is 0 Å². The van der Waals surface area contributed by atoms with Gasteiger partial charge in [-0.05, 0) is 52.8 Å². The second-order valence-electron chi connectivity index (χ2n) is 5.43. The molecule has 0 amide bonds. The summed E-state index contributed by atoms with van der Waals surface area (Å²) in [4.78, 5) is 0. The molecule has 2 nitrogen and oxygen atoms in total. The van der Waals surface area contributed by atoms with Crippen LogP contribution in [0, 0.1) is 22.0 Å². The predicted molar refractivity (Wildman–Crippen MR) is 87.9 cm³/mol. The molecule has 0 aliphatic carbocycles. The molecule has 104 valence electrons. The standard InChI is InChI=1S/C13H16FIO2SSi/c1-10-12(5-6-19(2,3)4)7-11(8-13(10)15)9-18(14,16)17/h7-8H,9H2,1-4H3. The van der Waals surface area contributed by atoms with Crippen LogP contribution in [0.5, 0.6) is 0 Å². The zero-order valence-electron chi connectivity index (χ0n) is 11.3. The first-order chi connectivity index (χ1) is 8.48. The summed E-state index contributed by atoms with van der Waals surface area (Å²) in [6.45, 7) is 8.34. The van der Waals surface area contributed by atoms with E-state index in [4.69, 9.17) is 0 Å². The molecule has 1 aromatic carbocycles. The van der Waals surface area contributed by atoms with Crippen molar-refractivity contribution in [1.82, 2.24) is 0 Å². The Kier molecular flexibility index (Phi) is 5.20. The van der Waals surface area contributed by atoms with E-state index in [2.05, 4.69) is 53.7 Å². The van der Waals surface area contributed by atoms with Crippen molar-refractivity contribution in [2.24, 2.45) is 0 Å². The van der Waals surface area contributed by atoms with E-state index in [0.717, 1.165) is 14.7 Å². The fourth-order valence-electron chi connectivity index (χ4n) is 1.40. The molecule has 0 radical (unpaired) electrons. The lowest BCUT2D eigenvalue weighted by atomic mass is 10.1. The maximum Gasteiger partial charge on any atom is 0.306 e. The van der Waals surface area contributed by atoms with Gasteiger partial charge in [-0.25, -0.2) is 0 Å². The third-order valence-electron chi connectivity index (χ3n) is 2.32. The first-order valence-corrected chi connectivity index (χ1v) is 11.9. The van der Waals surface area contributed by atoms with Crippen LogP contribution < -0.4 is 0 Å². The van der Waals surface area contributed by atoms with Crippen LogP contribution in [0.25, 0.3) is 0 Å². The summed E-state index contributed by atoms with van der Waals surface area (Å²) in [6, 6.07) is 3.36. The van der Waals surface area contributed by atoms with E-state index in [0.29, 0.717) is 5.56 Å². The van der Waals surface area contributed by atoms with Gasteiger partial charge < -0.3 is 0 Å². The minimum absolute atomic E-state index is 0.442. The number of hydrogen-bond donors (Lipinski definition) is 0. The maximum absolute atomic E-state index is 12.8. The molecule has 6 heteroatoms. The van der Waals surface area contributed by atoms with Crippen molar-refractivity contribution in [2.45, 2.75) is 32.3 Å². The molecule has 0 aliphatic heterocycles. The summed E-state index contributed by atoms with van der Waals surface area (Å²) in [5, 5.41) is 0. The maximum atomic E-state index is 12.8. The van der Waals surface area contributed by atoms with Crippen molar-refractivity contribution in [3.05, 3.63) is 32.4 Å². The van der Waals surface area contributed by atoms with Crippen LogP contribution in [0.1, 0.15) is 16.7 Å². The number of halogens is 2. The van der Waals surface area contributed by atoms with Gasteiger partial charge in [-0.15, -0.1) is 9.43 Å². The van der Waals surface area contributed by atoms with Crippen LogP contribution in [0.15, 0.2) is 12.1 Å². The topological polar surface area (TPSA) is 34.1 Å². The fraction of sp³-hybridized carbons (Fsp3) is 0.385. The summed E-state index contributed by atoms with van der Waals surface area (Å²) >= 11 is 2.11. The van der Waals surface area contributed by atoms with Crippen molar-refractivity contribution in [3.8, 4) is 11.5 Å². The molecule has 1 rings (SSSR count). The second-order valence-corrected chi connectivity index (χ2v) is 12.7. The Bertz CT molecular complexity index is 652. The molecule has 0 N–H and O–H groups in total. The van der Waals surface area contributed by atoms with Gasteiger partial charge in [0, 0.05) is 9.13 Å². The molecular formula is C13H16FIO2SSi. The Morgan fingerprint density at radius 1 is 1.32 bits per heavy atom.